The maximum Gasteiger partial charge on any atom is 0.0919 e. The normalized spacial score (nSPS) is 18.6. The third-order valence-electron chi connectivity index (χ3n) is 1.31. The van der Waals surface area contributed by atoms with E-state index in [4.69, 9.17) is 5.14 Å². The first kappa shape index (κ1) is 8.11. The molecule has 2 nitrogen and oxygen atoms in total. The molecule has 0 fully saturated rings. The van der Waals surface area contributed by atoms with E-state index < -0.39 is 11.0 Å². The minimum Gasteiger partial charge on any atom is -0.252 e. The lowest BCUT2D eigenvalue weighted by atomic mass is 10.2. The summed E-state index contributed by atoms with van der Waals surface area (Å²) in [6, 6.07) is 0. The van der Waals surface area contributed by atoms with Crippen LogP contribution in [-0.2, 0) is 11.0 Å². The van der Waals surface area contributed by atoms with Crippen molar-refractivity contribution in [1.82, 2.24) is 0 Å². The lowest BCUT2D eigenvalue weighted by Crippen LogP contribution is -2.23. The Morgan fingerprint density at radius 3 is 1.75 bits per heavy atom. The van der Waals surface area contributed by atoms with Crippen LogP contribution >= 0.6 is 0 Å². The summed E-state index contributed by atoms with van der Waals surface area (Å²) in [7, 11) is -1.14. The molecule has 0 aromatic carbocycles. The van der Waals surface area contributed by atoms with Crippen LogP contribution in [0.3, 0.4) is 0 Å². The molecule has 2 unspecified atom stereocenters. The Hall–Kier alpha value is 0.110. The molecule has 0 aliphatic carbocycles. The summed E-state index contributed by atoms with van der Waals surface area (Å²) in [4.78, 5) is 0. The Labute approximate surface area is 53.0 Å². The van der Waals surface area contributed by atoms with Gasteiger partial charge in [-0.1, -0.05) is 13.8 Å². The Bertz CT molecular complexity index is 92.4. The van der Waals surface area contributed by atoms with Gasteiger partial charge in [0.1, 0.15) is 0 Å². The fourth-order valence-electron chi connectivity index (χ4n) is 0.268. The average molecular weight is 135 g/mol. The lowest BCUT2D eigenvalue weighted by Gasteiger charge is -2.09. The van der Waals surface area contributed by atoms with E-state index in [0.717, 1.165) is 0 Å². The van der Waals surface area contributed by atoms with Crippen molar-refractivity contribution in [2.24, 2.45) is 11.1 Å². The molecular weight excluding hydrogens is 122 g/mol. The van der Waals surface area contributed by atoms with Crippen molar-refractivity contribution in [2.75, 3.05) is 0 Å². The van der Waals surface area contributed by atoms with E-state index in [-0.39, 0.29) is 5.25 Å². The van der Waals surface area contributed by atoms with Crippen molar-refractivity contribution in [3.05, 3.63) is 0 Å². The number of nitrogens with two attached hydrogens (primary N) is 1. The molecule has 3 heteroatoms. The van der Waals surface area contributed by atoms with Crippen LogP contribution in [0.4, 0.5) is 0 Å². The van der Waals surface area contributed by atoms with Gasteiger partial charge in [0, 0.05) is 5.25 Å². The summed E-state index contributed by atoms with van der Waals surface area (Å²) in [6.45, 7) is 5.91. The van der Waals surface area contributed by atoms with Crippen LogP contribution < -0.4 is 5.14 Å². The smallest absolute Gasteiger partial charge is 0.0919 e. The fraction of sp³-hybridized carbons (Fsp3) is 1.00. The minimum absolute atomic E-state index is 0.120. The first-order valence-corrected chi connectivity index (χ1v) is 3.98. The highest BCUT2D eigenvalue weighted by Crippen LogP contribution is 2.03. The number of hydrogen-bond acceptors (Lipinski definition) is 1. The van der Waals surface area contributed by atoms with E-state index in [0.29, 0.717) is 5.92 Å². The standard InChI is InChI=1S/C5H13NOS/c1-4(2)5(3)8(6)7/h4-5H,6H2,1-3H3. The molecule has 0 rings (SSSR count). The molecule has 0 saturated heterocycles. The topological polar surface area (TPSA) is 43.1 Å². The monoisotopic (exact) mass is 135 g/mol. The molecule has 0 heterocycles. The number of rotatable bonds is 2. The highest BCUT2D eigenvalue weighted by molar-refractivity contribution is 7.83. The van der Waals surface area contributed by atoms with Crippen LogP contribution in [0.5, 0.6) is 0 Å². The molecule has 50 valence electrons. The average Bonchev–Trinajstić information content (AvgIpc) is 1.64. The zero-order valence-corrected chi connectivity index (χ0v) is 6.37. The zero-order valence-electron chi connectivity index (χ0n) is 5.55. The molecule has 0 saturated carbocycles. The van der Waals surface area contributed by atoms with Gasteiger partial charge in [-0.05, 0) is 12.8 Å². The molecule has 2 N–H and O–H groups in total. The van der Waals surface area contributed by atoms with Gasteiger partial charge < -0.3 is 0 Å². The van der Waals surface area contributed by atoms with Crippen LogP contribution in [0.15, 0.2) is 0 Å². The fourth-order valence-corrected chi connectivity index (χ4v) is 0.805. The van der Waals surface area contributed by atoms with Gasteiger partial charge in [-0.3, -0.25) is 5.14 Å². The van der Waals surface area contributed by atoms with Crippen molar-refractivity contribution < 1.29 is 4.21 Å². The van der Waals surface area contributed by atoms with Crippen molar-refractivity contribution in [3.63, 3.8) is 0 Å². The molecular formula is C5H13NOS. The van der Waals surface area contributed by atoms with Gasteiger partial charge in [0.05, 0.1) is 11.0 Å². The van der Waals surface area contributed by atoms with Gasteiger partial charge in [0.2, 0.25) is 0 Å². The van der Waals surface area contributed by atoms with E-state index in [2.05, 4.69) is 0 Å². The van der Waals surface area contributed by atoms with Crippen molar-refractivity contribution in [2.45, 2.75) is 26.0 Å². The summed E-state index contributed by atoms with van der Waals surface area (Å²) in [5, 5.41) is 5.23. The zero-order chi connectivity index (χ0) is 6.73. The summed E-state index contributed by atoms with van der Waals surface area (Å²) in [6.07, 6.45) is 0. The second-order valence-electron chi connectivity index (χ2n) is 2.28. The van der Waals surface area contributed by atoms with E-state index >= 15 is 0 Å². The Kier molecular flexibility index (Phi) is 3.24. The molecule has 0 aromatic heterocycles. The summed E-state index contributed by atoms with van der Waals surface area (Å²) < 4.78 is 10.5. The molecule has 0 bridgehead atoms. The first-order valence-electron chi connectivity index (χ1n) is 2.70. The van der Waals surface area contributed by atoms with E-state index in [1.54, 1.807) is 0 Å². The number of hydrogen-bond donors (Lipinski definition) is 1. The van der Waals surface area contributed by atoms with E-state index in [9.17, 15) is 4.21 Å². The summed E-state index contributed by atoms with van der Waals surface area (Å²) >= 11 is 0. The first-order chi connectivity index (χ1) is 3.55. The molecule has 2 atom stereocenters. The van der Waals surface area contributed by atoms with Crippen LogP contribution in [0.25, 0.3) is 0 Å². The second-order valence-corrected chi connectivity index (χ2v) is 3.68. The van der Waals surface area contributed by atoms with Gasteiger partial charge in [0.15, 0.2) is 0 Å². The Morgan fingerprint density at radius 1 is 1.38 bits per heavy atom. The lowest BCUT2D eigenvalue weighted by molar-refractivity contribution is 0.606. The Morgan fingerprint density at radius 2 is 1.75 bits per heavy atom. The van der Waals surface area contributed by atoms with E-state index in [1.165, 1.54) is 0 Å². The summed E-state index contributed by atoms with van der Waals surface area (Å²) in [5.41, 5.74) is 0. The molecule has 0 aliphatic heterocycles. The van der Waals surface area contributed by atoms with Gasteiger partial charge in [-0.25, -0.2) is 4.21 Å². The molecule has 8 heavy (non-hydrogen) atoms. The van der Waals surface area contributed by atoms with Gasteiger partial charge in [-0.2, -0.15) is 0 Å². The molecule has 0 amide bonds. The highest BCUT2D eigenvalue weighted by Gasteiger charge is 2.09. The predicted octanol–water partition coefficient (Wildman–Crippen LogP) is 0.653. The van der Waals surface area contributed by atoms with Crippen molar-refractivity contribution >= 4 is 11.0 Å². The van der Waals surface area contributed by atoms with Gasteiger partial charge in [0.25, 0.3) is 0 Å². The summed E-state index contributed by atoms with van der Waals surface area (Å²) in [5.74, 6) is 0.417. The maximum absolute atomic E-state index is 10.5. The minimum atomic E-state index is -1.14. The van der Waals surface area contributed by atoms with E-state index in [1.807, 2.05) is 20.8 Å². The van der Waals surface area contributed by atoms with Crippen LogP contribution in [0.1, 0.15) is 20.8 Å². The molecule has 0 radical (unpaired) electrons. The SMILES string of the molecule is CC(C)C(C)S(N)=O. The second kappa shape index (κ2) is 3.20. The quantitative estimate of drug-likeness (QED) is 0.593. The van der Waals surface area contributed by atoms with Crippen molar-refractivity contribution in [3.8, 4) is 0 Å². The third kappa shape index (κ3) is 2.43. The van der Waals surface area contributed by atoms with Gasteiger partial charge in [-0.15, -0.1) is 0 Å². The third-order valence-corrected chi connectivity index (χ3v) is 2.58. The van der Waals surface area contributed by atoms with Crippen LogP contribution in [-0.4, -0.2) is 9.46 Å². The molecule has 0 aliphatic rings. The molecule has 0 spiro atoms. The predicted molar refractivity (Wildman–Crippen MR) is 36.6 cm³/mol. The van der Waals surface area contributed by atoms with Crippen molar-refractivity contribution in [1.29, 1.82) is 0 Å². The largest absolute Gasteiger partial charge is 0.252 e. The van der Waals surface area contributed by atoms with Crippen LogP contribution in [0, 0.1) is 5.92 Å². The molecule has 0 aromatic rings. The van der Waals surface area contributed by atoms with Crippen LogP contribution in [0.2, 0.25) is 0 Å². The highest BCUT2D eigenvalue weighted by atomic mass is 32.2. The van der Waals surface area contributed by atoms with Gasteiger partial charge >= 0.3 is 0 Å². The Balaban J connectivity index is 3.64. The maximum atomic E-state index is 10.5.